The van der Waals surface area contributed by atoms with E-state index in [0.717, 1.165) is 17.1 Å². The quantitative estimate of drug-likeness (QED) is 0.921. The van der Waals surface area contributed by atoms with Crippen LogP contribution in [0.2, 0.25) is 5.02 Å². The highest BCUT2D eigenvalue weighted by Gasteiger charge is 2.11. The van der Waals surface area contributed by atoms with E-state index in [1.807, 2.05) is 32.2 Å². The molecule has 20 heavy (non-hydrogen) atoms. The van der Waals surface area contributed by atoms with Crippen molar-refractivity contribution in [2.75, 3.05) is 19.5 Å². The third kappa shape index (κ3) is 2.82. The zero-order valence-electron chi connectivity index (χ0n) is 12.0. The summed E-state index contributed by atoms with van der Waals surface area (Å²) in [6.45, 7) is 2.48. The van der Waals surface area contributed by atoms with Crippen LogP contribution in [0.1, 0.15) is 11.4 Å². The maximum atomic E-state index is 6.22. The van der Waals surface area contributed by atoms with Crippen LogP contribution in [0.15, 0.2) is 18.2 Å². The molecule has 6 heteroatoms. The molecule has 0 amide bonds. The second-order valence-electron chi connectivity index (χ2n) is 4.39. The molecule has 1 heterocycles. The molecule has 1 aromatic carbocycles. The van der Waals surface area contributed by atoms with E-state index in [4.69, 9.17) is 21.1 Å². The Morgan fingerprint density at radius 3 is 2.50 bits per heavy atom. The van der Waals surface area contributed by atoms with E-state index >= 15 is 0 Å². The van der Waals surface area contributed by atoms with E-state index in [1.165, 1.54) is 0 Å². The van der Waals surface area contributed by atoms with Gasteiger partial charge in [-0.1, -0.05) is 11.6 Å². The molecule has 0 saturated carbocycles. The molecule has 0 fully saturated rings. The second kappa shape index (κ2) is 6.05. The van der Waals surface area contributed by atoms with Gasteiger partial charge in [0.2, 0.25) is 0 Å². The van der Waals surface area contributed by atoms with Crippen LogP contribution in [0.4, 0.5) is 5.69 Å². The van der Waals surface area contributed by atoms with E-state index < -0.39 is 0 Å². The average molecular weight is 296 g/mol. The van der Waals surface area contributed by atoms with Gasteiger partial charge in [-0.3, -0.25) is 4.68 Å². The number of nitrogens with zero attached hydrogens (tertiary/aromatic N) is 2. The van der Waals surface area contributed by atoms with Crippen LogP contribution in [-0.2, 0) is 13.6 Å². The number of rotatable bonds is 5. The first-order chi connectivity index (χ1) is 9.56. The first-order valence-electron chi connectivity index (χ1n) is 6.20. The summed E-state index contributed by atoms with van der Waals surface area (Å²) in [4.78, 5) is 0. The molecule has 0 saturated heterocycles. The summed E-state index contributed by atoms with van der Waals surface area (Å²) >= 11 is 6.22. The molecule has 108 valence electrons. The van der Waals surface area contributed by atoms with Gasteiger partial charge in [0.1, 0.15) is 0 Å². The Morgan fingerprint density at radius 2 is 1.95 bits per heavy atom. The maximum Gasteiger partial charge on any atom is 0.162 e. The average Bonchev–Trinajstić information content (AvgIpc) is 2.70. The van der Waals surface area contributed by atoms with Crippen LogP contribution >= 0.6 is 11.6 Å². The van der Waals surface area contributed by atoms with Gasteiger partial charge in [-0.05, 0) is 19.1 Å². The van der Waals surface area contributed by atoms with Gasteiger partial charge in [0.15, 0.2) is 11.5 Å². The highest BCUT2D eigenvalue weighted by atomic mass is 35.5. The molecule has 1 aromatic heterocycles. The first kappa shape index (κ1) is 14.5. The fourth-order valence-corrected chi connectivity index (χ4v) is 2.23. The van der Waals surface area contributed by atoms with Crippen molar-refractivity contribution < 1.29 is 9.47 Å². The van der Waals surface area contributed by atoms with Crippen molar-refractivity contribution in [3.63, 3.8) is 0 Å². The van der Waals surface area contributed by atoms with Crippen molar-refractivity contribution in [1.29, 1.82) is 0 Å². The lowest BCUT2D eigenvalue weighted by molar-refractivity contribution is 0.355. The Kier molecular flexibility index (Phi) is 4.39. The SMILES string of the molecule is COc1ccc(NCc2c(Cl)c(C)nn2C)cc1OC. The van der Waals surface area contributed by atoms with Gasteiger partial charge >= 0.3 is 0 Å². The Labute approximate surface area is 123 Å². The Bertz CT molecular complexity index is 611. The standard InChI is InChI=1S/C14H18ClN3O2/c1-9-14(15)11(18(2)17-9)8-16-10-5-6-12(19-3)13(7-10)20-4/h5-7,16H,8H2,1-4H3. The summed E-state index contributed by atoms with van der Waals surface area (Å²) in [5.74, 6) is 1.39. The minimum atomic E-state index is 0.589. The van der Waals surface area contributed by atoms with Crippen molar-refractivity contribution >= 4 is 17.3 Å². The molecular formula is C14H18ClN3O2. The smallest absolute Gasteiger partial charge is 0.162 e. The Balaban J connectivity index is 2.15. The van der Waals surface area contributed by atoms with Crippen molar-refractivity contribution in [3.8, 4) is 11.5 Å². The molecule has 5 nitrogen and oxygen atoms in total. The molecule has 0 aliphatic heterocycles. The molecule has 0 aliphatic carbocycles. The molecular weight excluding hydrogens is 278 g/mol. The van der Waals surface area contributed by atoms with Crippen molar-refractivity contribution in [1.82, 2.24) is 9.78 Å². The topological polar surface area (TPSA) is 48.3 Å². The number of aromatic nitrogens is 2. The van der Waals surface area contributed by atoms with Crippen molar-refractivity contribution in [3.05, 3.63) is 34.6 Å². The number of aryl methyl sites for hydroxylation is 2. The molecule has 2 aromatic rings. The number of anilines is 1. The number of halogens is 1. The molecule has 0 aliphatic rings. The Hall–Kier alpha value is -1.88. The van der Waals surface area contributed by atoms with Gasteiger partial charge in [0.05, 0.1) is 37.2 Å². The van der Waals surface area contributed by atoms with Crippen LogP contribution in [0, 0.1) is 6.92 Å². The minimum absolute atomic E-state index is 0.589. The predicted molar refractivity (Wildman–Crippen MR) is 79.8 cm³/mol. The van der Waals surface area contributed by atoms with Gasteiger partial charge in [-0.15, -0.1) is 0 Å². The number of methoxy groups -OCH3 is 2. The lowest BCUT2D eigenvalue weighted by Gasteiger charge is -2.11. The molecule has 0 unspecified atom stereocenters. The van der Waals surface area contributed by atoms with Gasteiger partial charge < -0.3 is 14.8 Å². The van der Waals surface area contributed by atoms with E-state index in [0.29, 0.717) is 23.1 Å². The number of hydrogen-bond acceptors (Lipinski definition) is 4. The van der Waals surface area contributed by atoms with E-state index in [9.17, 15) is 0 Å². The van der Waals surface area contributed by atoms with Gasteiger partial charge in [0.25, 0.3) is 0 Å². The predicted octanol–water partition coefficient (Wildman–Crippen LogP) is 3.01. The van der Waals surface area contributed by atoms with E-state index in [1.54, 1.807) is 18.9 Å². The maximum absolute atomic E-state index is 6.22. The fourth-order valence-electron chi connectivity index (χ4n) is 2.00. The first-order valence-corrected chi connectivity index (χ1v) is 6.58. The fraction of sp³-hybridized carbons (Fsp3) is 0.357. The van der Waals surface area contributed by atoms with E-state index in [2.05, 4.69) is 10.4 Å². The summed E-state index contributed by atoms with van der Waals surface area (Å²) in [5, 5.41) is 8.28. The summed E-state index contributed by atoms with van der Waals surface area (Å²) in [6, 6.07) is 5.67. The zero-order valence-corrected chi connectivity index (χ0v) is 12.8. The summed E-state index contributed by atoms with van der Waals surface area (Å²) in [7, 11) is 5.11. The highest BCUT2D eigenvalue weighted by Crippen LogP contribution is 2.30. The molecule has 0 radical (unpaired) electrons. The largest absolute Gasteiger partial charge is 0.493 e. The minimum Gasteiger partial charge on any atom is -0.493 e. The highest BCUT2D eigenvalue weighted by molar-refractivity contribution is 6.31. The van der Waals surface area contributed by atoms with Crippen LogP contribution in [-0.4, -0.2) is 24.0 Å². The summed E-state index contributed by atoms with van der Waals surface area (Å²) < 4.78 is 12.3. The van der Waals surface area contributed by atoms with Gasteiger partial charge in [-0.2, -0.15) is 5.10 Å². The van der Waals surface area contributed by atoms with Gasteiger partial charge in [-0.25, -0.2) is 0 Å². The lowest BCUT2D eigenvalue weighted by Crippen LogP contribution is -2.06. The summed E-state index contributed by atoms with van der Waals surface area (Å²) in [5.41, 5.74) is 2.70. The molecule has 0 atom stereocenters. The number of benzene rings is 1. The van der Waals surface area contributed by atoms with Crippen molar-refractivity contribution in [2.45, 2.75) is 13.5 Å². The van der Waals surface area contributed by atoms with Crippen LogP contribution in [0.3, 0.4) is 0 Å². The molecule has 1 N–H and O–H groups in total. The number of nitrogens with one attached hydrogen (secondary N) is 1. The monoisotopic (exact) mass is 295 g/mol. The second-order valence-corrected chi connectivity index (χ2v) is 4.77. The van der Waals surface area contributed by atoms with Crippen LogP contribution in [0.25, 0.3) is 0 Å². The number of hydrogen-bond donors (Lipinski definition) is 1. The molecule has 0 bridgehead atoms. The Morgan fingerprint density at radius 1 is 1.25 bits per heavy atom. The van der Waals surface area contributed by atoms with Crippen LogP contribution < -0.4 is 14.8 Å². The third-order valence-corrected chi connectivity index (χ3v) is 3.60. The van der Waals surface area contributed by atoms with E-state index in [-0.39, 0.29) is 0 Å². The van der Waals surface area contributed by atoms with Gasteiger partial charge in [0, 0.05) is 18.8 Å². The number of ether oxygens (including phenoxy) is 2. The van der Waals surface area contributed by atoms with Crippen LogP contribution in [0.5, 0.6) is 11.5 Å². The normalized spacial score (nSPS) is 10.4. The third-order valence-electron chi connectivity index (χ3n) is 3.11. The molecule has 0 spiro atoms. The lowest BCUT2D eigenvalue weighted by atomic mass is 10.2. The molecule has 2 rings (SSSR count). The summed E-state index contributed by atoms with van der Waals surface area (Å²) in [6.07, 6.45) is 0. The van der Waals surface area contributed by atoms with Crippen molar-refractivity contribution in [2.24, 2.45) is 7.05 Å². The zero-order chi connectivity index (χ0) is 14.7.